The maximum atomic E-state index is 13.5. The first-order chi connectivity index (χ1) is 17.0. The Kier molecular flexibility index (Phi) is 6.13. The van der Waals surface area contributed by atoms with E-state index in [1.165, 1.54) is 24.3 Å². The molecule has 9 heteroatoms. The number of amides is 2. The van der Waals surface area contributed by atoms with Crippen molar-refractivity contribution in [3.63, 3.8) is 0 Å². The highest BCUT2D eigenvalue weighted by Crippen LogP contribution is 2.17. The van der Waals surface area contributed by atoms with Gasteiger partial charge < -0.3 is 15.1 Å². The minimum Gasteiger partial charge on any atom is -0.348 e. The van der Waals surface area contributed by atoms with E-state index in [0.717, 1.165) is 11.1 Å². The summed E-state index contributed by atoms with van der Waals surface area (Å²) in [6, 6.07) is 17.1. The first-order valence-corrected chi connectivity index (χ1v) is 11.5. The summed E-state index contributed by atoms with van der Waals surface area (Å²) in [4.78, 5) is 38.8. The second-order valence-electron chi connectivity index (χ2n) is 8.57. The topological polar surface area (TPSA) is 83.4 Å². The molecule has 0 radical (unpaired) electrons. The first-order valence-electron chi connectivity index (χ1n) is 11.5. The summed E-state index contributed by atoms with van der Waals surface area (Å²) < 4.78 is 14.8. The number of piperazine rings is 1. The summed E-state index contributed by atoms with van der Waals surface area (Å²) in [6.07, 6.45) is 1.66. The molecule has 0 unspecified atom stereocenters. The summed E-state index contributed by atoms with van der Waals surface area (Å²) >= 11 is 0. The van der Waals surface area contributed by atoms with Crippen LogP contribution in [0.15, 0.2) is 71.7 Å². The minimum absolute atomic E-state index is 0.207. The number of urea groups is 1. The van der Waals surface area contributed by atoms with Crippen molar-refractivity contribution in [2.45, 2.75) is 13.5 Å². The highest BCUT2D eigenvalue weighted by atomic mass is 19.1. The number of hydrogen-bond donors (Lipinski definition) is 1. The van der Waals surface area contributed by atoms with Crippen LogP contribution in [0.5, 0.6) is 0 Å². The van der Waals surface area contributed by atoms with E-state index in [9.17, 15) is 14.0 Å². The lowest BCUT2D eigenvalue weighted by Gasteiger charge is -2.35. The standard InChI is InChI=1S/C26H25FN6O2/c1-18-4-6-19(7-5-18)17-33-23-22(3-2-12-28-23)30-24(25(33)34)31-13-15-32(16-14-31)26(35)29-21-10-8-20(27)9-11-21/h2-12H,13-17H2,1H3,(H,29,35). The number of aromatic nitrogens is 3. The minimum atomic E-state index is -0.359. The monoisotopic (exact) mass is 472 g/mol. The van der Waals surface area contributed by atoms with Gasteiger partial charge in [-0.2, -0.15) is 0 Å². The van der Waals surface area contributed by atoms with E-state index >= 15 is 0 Å². The number of carbonyl (C=O) groups is 1. The number of aryl methyl sites for hydroxylation is 1. The third-order valence-corrected chi connectivity index (χ3v) is 6.11. The van der Waals surface area contributed by atoms with Crippen LogP contribution in [0.25, 0.3) is 11.2 Å². The summed E-state index contributed by atoms with van der Waals surface area (Å²) in [5.41, 5.74) is 3.66. The second kappa shape index (κ2) is 9.54. The summed E-state index contributed by atoms with van der Waals surface area (Å²) in [5.74, 6) is -0.000984. The lowest BCUT2D eigenvalue weighted by atomic mass is 10.1. The molecule has 1 fully saturated rings. The van der Waals surface area contributed by atoms with Gasteiger partial charge in [0.05, 0.1) is 6.54 Å². The van der Waals surface area contributed by atoms with Crippen LogP contribution in [0.2, 0.25) is 0 Å². The molecule has 1 aliphatic rings. The van der Waals surface area contributed by atoms with E-state index in [-0.39, 0.29) is 17.4 Å². The Morgan fingerprint density at radius 3 is 2.43 bits per heavy atom. The molecule has 178 valence electrons. The number of fused-ring (bicyclic) bond motifs is 1. The third kappa shape index (κ3) is 4.84. The molecule has 0 saturated carbocycles. The van der Waals surface area contributed by atoms with E-state index < -0.39 is 0 Å². The lowest BCUT2D eigenvalue weighted by molar-refractivity contribution is 0.208. The number of rotatable bonds is 4. The zero-order valence-corrected chi connectivity index (χ0v) is 19.3. The maximum Gasteiger partial charge on any atom is 0.321 e. The van der Waals surface area contributed by atoms with Crippen molar-refractivity contribution in [2.24, 2.45) is 0 Å². The largest absolute Gasteiger partial charge is 0.348 e. The van der Waals surface area contributed by atoms with Gasteiger partial charge >= 0.3 is 6.03 Å². The molecule has 1 aliphatic heterocycles. The number of benzene rings is 2. The maximum absolute atomic E-state index is 13.5. The van der Waals surface area contributed by atoms with Crippen LogP contribution in [-0.2, 0) is 6.54 Å². The summed E-state index contributed by atoms with van der Waals surface area (Å²) in [6.45, 7) is 4.21. The number of nitrogens with one attached hydrogen (secondary N) is 1. The Morgan fingerprint density at radius 1 is 1.00 bits per heavy atom. The van der Waals surface area contributed by atoms with Crippen molar-refractivity contribution in [3.8, 4) is 0 Å². The van der Waals surface area contributed by atoms with Gasteiger partial charge in [-0.1, -0.05) is 29.8 Å². The van der Waals surface area contributed by atoms with Crippen LogP contribution >= 0.6 is 0 Å². The molecule has 35 heavy (non-hydrogen) atoms. The van der Waals surface area contributed by atoms with Gasteiger partial charge in [-0.15, -0.1) is 0 Å². The number of anilines is 2. The van der Waals surface area contributed by atoms with E-state index in [1.807, 2.05) is 42.2 Å². The van der Waals surface area contributed by atoms with Crippen LogP contribution in [0, 0.1) is 12.7 Å². The molecule has 1 saturated heterocycles. The van der Waals surface area contributed by atoms with Crippen molar-refractivity contribution >= 4 is 28.7 Å². The smallest absolute Gasteiger partial charge is 0.321 e. The lowest BCUT2D eigenvalue weighted by Crippen LogP contribution is -2.51. The molecular formula is C26H25FN6O2. The van der Waals surface area contributed by atoms with Crippen molar-refractivity contribution < 1.29 is 9.18 Å². The Balaban J connectivity index is 1.36. The van der Waals surface area contributed by atoms with Gasteiger partial charge in [-0.3, -0.25) is 9.36 Å². The molecule has 0 bridgehead atoms. The van der Waals surface area contributed by atoms with E-state index in [2.05, 4.69) is 15.3 Å². The van der Waals surface area contributed by atoms with Crippen LogP contribution in [0.4, 0.5) is 20.7 Å². The molecule has 3 heterocycles. The highest BCUT2D eigenvalue weighted by Gasteiger charge is 2.25. The van der Waals surface area contributed by atoms with Crippen LogP contribution in [0.1, 0.15) is 11.1 Å². The Bertz CT molecular complexity index is 1410. The van der Waals surface area contributed by atoms with Crippen LogP contribution < -0.4 is 15.8 Å². The predicted molar refractivity (Wildman–Crippen MR) is 133 cm³/mol. The molecule has 2 aromatic carbocycles. The quantitative estimate of drug-likeness (QED) is 0.490. The van der Waals surface area contributed by atoms with E-state index in [1.54, 1.807) is 21.7 Å². The molecule has 0 spiro atoms. The normalized spacial score (nSPS) is 13.8. The molecule has 0 atom stereocenters. The number of hydrogen-bond acceptors (Lipinski definition) is 5. The van der Waals surface area contributed by atoms with E-state index in [0.29, 0.717) is 55.4 Å². The predicted octanol–water partition coefficient (Wildman–Crippen LogP) is 3.64. The molecule has 8 nitrogen and oxygen atoms in total. The molecule has 5 rings (SSSR count). The first kappa shape index (κ1) is 22.5. The van der Waals surface area contributed by atoms with Crippen molar-refractivity contribution in [1.82, 2.24) is 19.4 Å². The van der Waals surface area contributed by atoms with Gasteiger partial charge in [0.25, 0.3) is 5.56 Å². The zero-order chi connectivity index (χ0) is 24.4. The van der Waals surface area contributed by atoms with Gasteiger partial charge in [0.2, 0.25) is 0 Å². The third-order valence-electron chi connectivity index (χ3n) is 6.11. The van der Waals surface area contributed by atoms with Gasteiger partial charge in [0.15, 0.2) is 11.5 Å². The van der Waals surface area contributed by atoms with Crippen molar-refractivity contribution in [2.75, 3.05) is 36.4 Å². The molecular weight excluding hydrogens is 447 g/mol. The average molecular weight is 473 g/mol. The Hall–Kier alpha value is -4.27. The fraction of sp³-hybridized carbons (Fsp3) is 0.231. The van der Waals surface area contributed by atoms with Gasteiger partial charge in [-0.05, 0) is 48.9 Å². The van der Waals surface area contributed by atoms with Gasteiger partial charge in [0.1, 0.15) is 11.3 Å². The number of halogens is 1. The number of nitrogens with zero attached hydrogens (tertiary/aromatic N) is 5. The summed E-state index contributed by atoms with van der Waals surface area (Å²) in [7, 11) is 0. The second-order valence-corrected chi connectivity index (χ2v) is 8.57. The average Bonchev–Trinajstić information content (AvgIpc) is 2.88. The number of carbonyl (C=O) groups excluding carboxylic acids is 1. The van der Waals surface area contributed by atoms with Crippen LogP contribution in [0.3, 0.4) is 0 Å². The van der Waals surface area contributed by atoms with E-state index in [4.69, 9.17) is 0 Å². The molecule has 4 aromatic rings. The fourth-order valence-corrected chi connectivity index (χ4v) is 4.15. The van der Waals surface area contributed by atoms with Gasteiger partial charge in [-0.25, -0.2) is 19.2 Å². The molecule has 0 aliphatic carbocycles. The molecule has 2 aromatic heterocycles. The number of pyridine rings is 1. The SMILES string of the molecule is Cc1ccc(Cn2c(=O)c(N3CCN(C(=O)Nc4ccc(F)cc4)CC3)nc3cccnc32)cc1. The fourth-order valence-electron chi connectivity index (χ4n) is 4.15. The van der Waals surface area contributed by atoms with Gasteiger partial charge in [0, 0.05) is 38.1 Å². The molecule has 1 N–H and O–H groups in total. The summed E-state index contributed by atoms with van der Waals surface area (Å²) in [5, 5.41) is 2.78. The van der Waals surface area contributed by atoms with Crippen molar-refractivity contribution in [1.29, 1.82) is 0 Å². The van der Waals surface area contributed by atoms with Crippen molar-refractivity contribution in [3.05, 3.63) is 94.2 Å². The zero-order valence-electron chi connectivity index (χ0n) is 19.3. The Morgan fingerprint density at radius 2 is 1.71 bits per heavy atom. The molecule has 2 amide bonds. The Labute approximate surface area is 201 Å². The highest BCUT2D eigenvalue weighted by molar-refractivity contribution is 5.89. The van der Waals surface area contributed by atoms with Crippen LogP contribution in [-0.4, -0.2) is 51.6 Å².